The van der Waals surface area contributed by atoms with Gasteiger partial charge in [-0.3, -0.25) is 0 Å². The number of rotatable bonds is 3. The van der Waals surface area contributed by atoms with Gasteiger partial charge in [-0.15, -0.1) is 21.5 Å². The van der Waals surface area contributed by atoms with Crippen molar-refractivity contribution in [2.75, 3.05) is 5.32 Å². The molecule has 0 saturated heterocycles. The first-order chi connectivity index (χ1) is 11.2. The molecular weight excluding hydrogens is 332 g/mol. The highest BCUT2D eigenvalue weighted by molar-refractivity contribution is 7.15. The van der Waals surface area contributed by atoms with E-state index in [9.17, 15) is 0 Å². The molecule has 0 aliphatic heterocycles. The van der Waals surface area contributed by atoms with Gasteiger partial charge >= 0.3 is 0 Å². The predicted molar refractivity (Wildman–Crippen MR) is 91.4 cm³/mol. The van der Waals surface area contributed by atoms with Gasteiger partial charge in [0.25, 0.3) is 0 Å². The van der Waals surface area contributed by atoms with Crippen LogP contribution < -0.4 is 5.32 Å². The molecule has 1 N–H and O–H groups in total. The number of nitrogens with zero attached hydrogens (tertiary/aromatic N) is 5. The summed E-state index contributed by atoms with van der Waals surface area (Å²) >= 11 is 7.47. The fourth-order valence-corrected chi connectivity index (χ4v) is 3.09. The van der Waals surface area contributed by atoms with Crippen LogP contribution in [0.3, 0.4) is 0 Å². The second-order valence-electron chi connectivity index (χ2n) is 4.94. The number of benzene rings is 1. The third kappa shape index (κ3) is 2.76. The fraction of sp³-hybridized carbons (Fsp3) is 0.0667. The highest BCUT2D eigenvalue weighted by Gasteiger charge is 2.12. The van der Waals surface area contributed by atoms with Crippen LogP contribution in [0.4, 0.5) is 11.8 Å². The molecule has 0 fully saturated rings. The lowest BCUT2D eigenvalue weighted by Crippen LogP contribution is -1.98. The van der Waals surface area contributed by atoms with E-state index in [1.807, 2.05) is 48.7 Å². The summed E-state index contributed by atoms with van der Waals surface area (Å²) in [4.78, 5) is 5.26. The van der Waals surface area contributed by atoms with E-state index in [2.05, 4.69) is 25.6 Å². The highest BCUT2D eigenvalue weighted by atomic mass is 35.5. The number of nitrogens with one attached hydrogen (secondary N) is 1. The summed E-state index contributed by atoms with van der Waals surface area (Å²) in [6, 6.07) is 11.4. The number of aryl methyl sites for hydroxylation is 1. The minimum atomic E-state index is 0.491. The maximum Gasteiger partial charge on any atom is 0.249 e. The van der Waals surface area contributed by atoms with Crippen molar-refractivity contribution in [3.05, 3.63) is 52.5 Å². The number of thiazole rings is 1. The van der Waals surface area contributed by atoms with E-state index < -0.39 is 0 Å². The zero-order chi connectivity index (χ0) is 15.8. The van der Waals surface area contributed by atoms with E-state index in [4.69, 9.17) is 11.6 Å². The van der Waals surface area contributed by atoms with Crippen LogP contribution in [-0.2, 0) is 0 Å². The number of anilines is 2. The third-order valence-corrected chi connectivity index (χ3v) is 4.33. The van der Waals surface area contributed by atoms with Crippen molar-refractivity contribution < 1.29 is 0 Å². The van der Waals surface area contributed by atoms with Crippen molar-refractivity contribution in [2.45, 2.75) is 6.92 Å². The number of hydrogen-bond acceptors (Lipinski definition) is 6. The van der Waals surface area contributed by atoms with Gasteiger partial charge in [0.1, 0.15) is 0 Å². The Kier molecular flexibility index (Phi) is 3.44. The van der Waals surface area contributed by atoms with Crippen LogP contribution in [0.1, 0.15) is 5.69 Å². The Labute approximate surface area is 140 Å². The Bertz CT molecular complexity index is 958. The standard InChI is InChI=1S/C15H11ClN6S/c1-9-2-7-13(20-19-9)17-14-18-15-22(21-14)12(8-23-15)10-3-5-11(16)6-4-10/h2-8H,1H3,(H,17,20,21). The molecule has 0 unspecified atom stereocenters. The molecule has 0 spiro atoms. The summed E-state index contributed by atoms with van der Waals surface area (Å²) in [5.74, 6) is 1.10. The molecule has 114 valence electrons. The molecule has 0 saturated carbocycles. The molecule has 0 aliphatic rings. The summed E-state index contributed by atoms with van der Waals surface area (Å²) < 4.78 is 1.80. The molecule has 1 aromatic carbocycles. The zero-order valence-corrected chi connectivity index (χ0v) is 13.6. The first kappa shape index (κ1) is 14.1. The number of hydrogen-bond donors (Lipinski definition) is 1. The summed E-state index contributed by atoms with van der Waals surface area (Å²) in [5, 5.41) is 18.3. The first-order valence-corrected chi connectivity index (χ1v) is 8.12. The average molecular weight is 343 g/mol. The summed E-state index contributed by atoms with van der Waals surface area (Å²) in [5.41, 5.74) is 2.86. The molecule has 3 aromatic heterocycles. The normalized spacial score (nSPS) is 11.0. The van der Waals surface area contributed by atoms with E-state index in [1.165, 1.54) is 11.3 Å². The van der Waals surface area contributed by atoms with E-state index >= 15 is 0 Å². The quantitative estimate of drug-likeness (QED) is 0.610. The lowest BCUT2D eigenvalue weighted by Gasteiger charge is -2.00. The summed E-state index contributed by atoms with van der Waals surface area (Å²) in [6.07, 6.45) is 0. The molecule has 4 rings (SSSR count). The second-order valence-corrected chi connectivity index (χ2v) is 6.22. The van der Waals surface area contributed by atoms with Crippen molar-refractivity contribution in [2.24, 2.45) is 0 Å². The Morgan fingerprint density at radius 1 is 1.09 bits per heavy atom. The number of aromatic nitrogens is 5. The highest BCUT2D eigenvalue weighted by Crippen LogP contribution is 2.27. The van der Waals surface area contributed by atoms with Crippen LogP contribution in [0.2, 0.25) is 5.02 Å². The molecule has 23 heavy (non-hydrogen) atoms. The maximum atomic E-state index is 5.94. The van der Waals surface area contributed by atoms with E-state index in [-0.39, 0.29) is 0 Å². The van der Waals surface area contributed by atoms with Crippen molar-refractivity contribution in [1.29, 1.82) is 0 Å². The van der Waals surface area contributed by atoms with Crippen LogP contribution in [-0.4, -0.2) is 24.8 Å². The van der Waals surface area contributed by atoms with Crippen molar-refractivity contribution >= 4 is 39.7 Å². The monoisotopic (exact) mass is 342 g/mol. The smallest absolute Gasteiger partial charge is 0.249 e. The van der Waals surface area contributed by atoms with Crippen LogP contribution in [0.25, 0.3) is 16.2 Å². The molecule has 0 aliphatic carbocycles. The molecule has 0 amide bonds. The van der Waals surface area contributed by atoms with Gasteiger partial charge in [-0.05, 0) is 31.2 Å². The Morgan fingerprint density at radius 2 is 1.91 bits per heavy atom. The molecule has 3 heterocycles. The number of halogens is 1. The minimum absolute atomic E-state index is 0.491. The zero-order valence-electron chi connectivity index (χ0n) is 12.1. The minimum Gasteiger partial charge on any atom is -0.306 e. The van der Waals surface area contributed by atoms with Crippen molar-refractivity contribution in [1.82, 2.24) is 24.8 Å². The first-order valence-electron chi connectivity index (χ1n) is 6.86. The molecule has 0 atom stereocenters. The SMILES string of the molecule is Cc1ccc(Nc2nc3scc(-c4ccc(Cl)cc4)n3n2)nn1. The molecular formula is C15H11ClN6S. The average Bonchev–Trinajstić information content (AvgIpc) is 3.11. The summed E-state index contributed by atoms with van der Waals surface area (Å²) in [7, 11) is 0. The van der Waals surface area contributed by atoms with Gasteiger partial charge in [-0.1, -0.05) is 23.7 Å². The Balaban J connectivity index is 1.68. The molecule has 4 aromatic rings. The maximum absolute atomic E-state index is 5.94. The van der Waals surface area contributed by atoms with E-state index in [0.717, 1.165) is 21.9 Å². The summed E-state index contributed by atoms with van der Waals surface area (Å²) in [6.45, 7) is 1.89. The van der Waals surface area contributed by atoms with Gasteiger partial charge in [-0.25, -0.2) is 4.52 Å². The van der Waals surface area contributed by atoms with Crippen LogP contribution in [0.5, 0.6) is 0 Å². The molecule has 0 radical (unpaired) electrons. The lowest BCUT2D eigenvalue weighted by atomic mass is 10.2. The third-order valence-electron chi connectivity index (χ3n) is 3.26. The van der Waals surface area contributed by atoms with Crippen LogP contribution in [0, 0.1) is 6.92 Å². The topological polar surface area (TPSA) is 68.0 Å². The van der Waals surface area contributed by atoms with Crippen molar-refractivity contribution in [3.63, 3.8) is 0 Å². The molecule has 0 bridgehead atoms. The fourth-order valence-electron chi connectivity index (χ4n) is 2.13. The Morgan fingerprint density at radius 3 is 2.65 bits per heavy atom. The second kappa shape index (κ2) is 5.60. The van der Waals surface area contributed by atoms with Crippen molar-refractivity contribution in [3.8, 4) is 11.3 Å². The van der Waals surface area contributed by atoms with Gasteiger partial charge < -0.3 is 5.32 Å². The largest absolute Gasteiger partial charge is 0.306 e. The molecule has 8 heteroatoms. The lowest BCUT2D eigenvalue weighted by molar-refractivity contribution is 0.965. The van der Waals surface area contributed by atoms with Crippen LogP contribution in [0.15, 0.2) is 41.8 Å². The van der Waals surface area contributed by atoms with E-state index in [1.54, 1.807) is 4.52 Å². The van der Waals surface area contributed by atoms with Gasteiger partial charge in [0.05, 0.1) is 11.4 Å². The van der Waals surface area contributed by atoms with Crippen LogP contribution >= 0.6 is 22.9 Å². The number of fused-ring (bicyclic) bond motifs is 1. The van der Waals surface area contributed by atoms with Gasteiger partial charge in [0.2, 0.25) is 10.9 Å². The predicted octanol–water partition coefficient (Wildman–Crippen LogP) is 3.95. The Hall–Kier alpha value is -2.51. The molecule has 6 nitrogen and oxygen atoms in total. The van der Waals surface area contributed by atoms with Gasteiger partial charge in [0, 0.05) is 16.0 Å². The van der Waals surface area contributed by atoms with E-state index in [0.29, 0.717) is 16.8 Å². The van der Waals surface area contributed by atoms with Gasteiger partial charge in [-0.2, -0.15) is 10.1 Å². The van der Waals surface area contributed by atoms with Gasteiger partial charge in [0.15, 0.2) is 5.82 Å².